The molecule has 1 aromatic heterocycles. The number of aromatic nitrogens is 1. The molecular formula is C16H16Cl2N2. The van der Waals surface area contributed by atoms with Gasteiger partial charge in [-0.25, -0.2) is 0 Å². The molecule has 3 rings (SSSR count). The molecule has 2 aromatic carbocycles. The molecule has 20 heavy (non-hydrogen) atoms. The molecule has 1 heterocycles. The molecule has 0 bridgehead atoms. The number of aryl methyl sites for hydroxylation is 1. The van der Waals surface area contributed by atoms with Crippen LogP contribution < -0.4 is 5.73 Å². The maximum atomic E-state index is 5.88. The van der Waals surface area contributed by atoms with Crippen molar-refractivity contribution in [1.82, 2.24) is 4.57 Å². The summed E-state index contributed by atoms with van der Waals surface area (Å²) in [6.07, 6.45) is 0. The summed E-state index contributed by atoms with van der Waals surface area (Å²) >= 11 is 11.4. The molecule has 0 spiro atoms. The van der Waals surface area contributed by atoms with E-state index in [1.807, 2.05) is 55.6 Å². The molecule has 0 atom stereocenters. The van der Waals surface area contributed by atoms with Crippen molar-refractivity contribution in [3.63, 3.8) is 0 Å². The molecule has 0 unspecified atom stereocenters. The van der Waals surface area contributed by atoms with Crippen molar-refractivity contribution in [2.45, 2.75) is 6.54 Å². The van der Waals surface area contributed by atoms with Crippen LogP contribution in [0.25, 0.3) is 10.9 Å². The Morgan fingerprint density at radius 3 is 2.20 bits per heavy atom. The molecule has 104 valence electrons. The van der Waals surface area contributed by atoms with Gasteiger partial charge in [0.2, 0.25) is 0 Å². The third-order valence-corrected chi connectivity index (χ3v) is 3.53. The van der Waals surface area contributed by atoms with E-state index in [1.54, 1.807) is 0 Å². The Hall–Kier alpha value is -1.48. The number of nitrogens with zero attached hydrogens (tertiary/aromatic N) is 1. The summed E-state index contributed by atoms with van der Waals surface area (Å²) in [5.74, 6) is 0. The molecule has 3 aromatic rings. The molecule has 0 radical (unpaired) electrons. The maximum absolute atomic E-state index is 5.88. The topological polar surface area (TPSA) is 30.9 Å². The van der Waals surface area contributed by atoms with Gasteiger partial charge < -0.3 is 10.3 Å². The van der Waals surface area contributed by atoms with Crippen LogP contribution in [0.15, 0.2) is 54.6 Å². The first-order valence-corrected chi connectivity index (χ1v) is 7.02. The fourth-order valence-corrected chi connectivity index (χ4v) is 2.31. The Bertz CT molecular complexity index is 690. The third-order valence-electron chi connectivity index (χ3n) is 3.05. The lowest BCUT2D eigenvalue weighted by Gasteiger charge is -1.99. The van der Waals surface area contributed by atoms with Crippen LogP contribution in [-0.4, -0.2) is 4.57 Å². The maximum Gasteiger partial charge on any atom is 0.0481 e. The third kappa shape index (κ3) is 3.54. The Morgan fingerprint density at radius 1 is 0.950 bits per heavy atom. The minimum absolute atomic E-state index is 0.558. The first kappa shape index (κ1) is 14.9. The van der Waals surface area contributed by atoms with Crippen molar-refractivity contribution in [2.24, 2.45) is 12.8 Å². The van der Waals surface area contributed by atoms with Gasteiger partial charge in [-0.1, -0.05) is 41.4 Å². The van der Waals surface area contributed by atoms with Crippen molar-refractivity contribution in [3.05, 3.63) is 70.3 Å². The summed E-state index contributed by atoms with van der Waals surface area (Å²) in [5.41, 5.74) is 7.89. The highest BCUT2D eigenvalue weighted by molar-refractivity contribution is 6.31. The summed E-state index contributed by atoms with van der Waals surface area (Å²) < 4.78 is 2.09. The fourth-order valence-electron chi connectivity index (χ4n) is 1.99. The number of rotatable bonds is 1. The number of fused-ring (bicyclic) bond motifs is 1. The van der Waals surface area contributed by atoms with E-state index in [2.05, 4.69) is 10.6 Å². The summed E-state index contributed by atoms with van der Waals surface area (Å²) in [6, 6.07) is 17.4. The Balaban J connectivity index is 0.000000178. The van der Waals surface area contributed by atoms with E-state index in [-0.39, 0.29) is 0 Å². The molecule has 0 saturated heterocycles. The van der Waals surface area contributed by atoms with Gasteiger partial charge in [0.25, 0.3) is 0 Å². The van der Waals surface area contributed by atoms with Crippen molar-refractivity contribution < 1.29 is 0 Å². The highest BCUT2D eigenvalue weighted by Gasteiger charge is 2.03. The van der Waals surface area contributed by atoms with Crippen LogP contribution in [0.5, 0.6) is 0 Å². The monoisotopic (exact) mass is 306 g/mol. The lowest BCUT2D eigenvalue weighted by atomic mass is 10.2. The van der Waals surface area contributed by atoms with E-state index in [9.17, 15) is 0 Å². The molecule has 2 N–H and O–H groups in total. The largest absolute Gasteiger partial charge is 0.346 e. The van der Waals surface area contributed by atoms with E-state index < -0.39 is 0 Å². The van der Waals surface area contributed by atoms with Crippen molar-refractivity contribution >= 4 is 34.1 Å². The predicted octanol–water partition coefficient (Wildman–Crippen LogP) is 4.63. The summed E-state index contributed by atoms with van der Waals surface area (Å²) in [5, 5.41) is 2.71. The van der Waals surface area contributed by atoms with Crippen LogP contribution in [0.3, 0.4) is 0 Å². The molecule has 0 amide bonds. The number of halogens is 2. The second-order valence-corrected chi connectivity index (χ2v) is 5.27. The molecule has 4 heteroatoms. The highest BCUT2D eigenvalue weighted by Crippen LogP contribution is 2.22. The van der Waals surface area contributed by atoms with Crippen molar-refractivity contribution in [2.75, 3.05) is 0 Å². The molecule has 0 aliphatic heterocycles. The van der Waals surface area contributed by atoms with E-state index in [4.69, 9.17) is 28.9 Å². The first-order valence-electron chi connectivity index (χ1n) is 6.26. The van der Waals surface area contributed by atoms with Gasteiger partial charge >= 0.3 is 0 Å². The average Bonchev–Trinajstić information content (AvgIpc) is 2.76. The van der Waals surface area contributed by atoms with Crippen molar-refractivity contribution in [1.29, 1.82) is 0 Å². The number of hydrogen-bond acceptors (Lipinski definition) is 1. The zero-order chi connectivity index (χ0) is 14.5. The minimum atomic E-state index is 0.558. The number of hydrogen-bond donors (Lipinski definition) is 1. The van der Waals surface area contributed by atoms with Crippen molar-refractivity contribution in [3.8, 4) is 0 Å². The van der Waals surface area contributed by atoms with Gasteiger partial charge in [-0.05, 0) is 36.4 Å². The van der Waals surface area contributed by atoms with Gasteiger partial charge in [-0.3, -0.25) is 0 Å². The molecular weight excluding hydrogens is 291 g/mol. The van der Waals surface area contributed by atoms with E-state index >= 15 is 0 Å². The normalized spacial score (nSPS) is 10.2. The standard InChI is InChI=1S/C10H11ClN2.C6H5Cl/c1-13-9(6-12)5-7-4-8(11)2-3-10(7)13;7-6-4-2-1-3-5-6/h2-5H,6,12H2,1H3;1-5H. The average molecular weight is 307 g/mol. The van der Waals surface area contributed by atoms with Gasteiger partial charge in [0.1, 0.15) is 0 Å². The Kier molecular flexibility index (Phi) is 5.07. The number of benzene rings is 2. The van der Waals surface area contributed by atoms with E-state index in [1.165, 1.54) is 5.52 Å². The molecule has 0 aliphatic carbocycles. The van der Waals surface area contributed by atoms with Crippen LogP contribution in [0.4, 0.5) is 0 Å². The van der Waals surface area contributed by atoms with Gasteiger partial charge in [0, 0.05) is 40.2 Å². The highest BCUT2D eigenvalue weighted by atomic mass is 35.5. The first-order chi connectivity index (χ1) is 9.61. The lowest BCUT2D eigenvalue weighted by Crippen LogP contribution is -2.02. The van der Waals surface area contributed by atoms with Gasteiger partial charge in [-0.15, -0.1) is 0 Å². The Morgan fingerprint density at radius 2 is 1.65 bits per heavy atom. The number of nitrogens with two attached hydrogens (primary N) is 1. The Labute approximate surface area is 128 Å². The second kappa shape index (κ2) is 6.80. The minimum Gasteiger partial charge on any atom is -0.346 e. The van der Waals surface area contributed by atoms with Gasteiger partial charge in [0.05, 0.1) is 0 Å². The van der Waals surface area contributed by atoms with Crippen LogP contribution >= 0.6 is 23.2 Å². The molecule has 0 saturated carbocycles. The molecule has 2 nitrogen and oxygen atoms in total. The lowest BCUT2D eigenvalue weighted by molar-refractivity contribution is 0.849. The summed E-state index contributed by atoms with van der Waals surface area (Å²) in [6.45, 7) is 0.558. The van der Waals surface area contributed by atoms with Crippen LogP contribution in [-0.2, 0) is 13.6 Å². The van der Waals surface area contributed by atoms with Gasteiger partial charge in [-0.2, -0.15) is 0 Å². The zero-order valence-electron chi connectivity index (χ0n) is 11.2. The van der Waals surface area contributed by atoms with Gasteiger partial charge in [0.15, 0.2) is 0 Å². The molecule has 0 aliphatic rings. The quantitative estimate of drug-likeness (QED) is 0.698. The van der Waals surface area contributed by atoms with E-state index in [0.717, 1.165) is 21.1 Å². The van der Waals surface area contributed by atoms with E-state index in [0.29, 0.717) is 6.54 Å². The summed E-state index contributed by atoms with van der Waals surface area (Å²) in [4.78, 5) is 0. The smallest absolute Gasteiger partial charge is 0.0481 e. The van der Waals surface area contributed by atoms with Crippen LogP contribution in [0, 0.1) is 0 Å². The second-order valence-electron chi connectivity index (χ2n) is 4.40. The predicted molar refractivity (Wildman–Crippen MR) is 87.3 cm³/mol. The fraction of sp³-hybridized carbons (Fsp3) is 0.125. The van der Waals surface area contributed by atoms with Crippen LogP contribution in [0.2, 0.25) is 10.0 Å². The summed E-state index contributed by atoms with van der Waals surface area (Å²) in [7, 11) is 2.01. The SMILES string of the molecule is Clc1ccccc1.Cn1c(CN)cc2cc(Cl)ccc21. The van der Waals surface area contributed by atoms with Crippen LogP contribution in [0.1, 0.15) is 5.69 Å². The zero-order valence-corrected chi connectivity index (χ0v) is 12.7. The molecule has 0 fully saturated rings.